The van der Waals surface area contributed by atoms with Crippen molar-refractivity contribution in [1.29, 1.82) is 0 Å². The number of carbonyl (C=O) groups is 1. The summed E-state index contributed by atoms with van der Waals surface area (Å²) in [4.78, 5) is 13.7. The number of primary amides is 1. The average Bonchev–Trinajstić information content (AvgIpc) is 2.60. The molecule has 0 fully saturated rings. The minimum Gasteiger partial charge on any atom is -0.369 e. The van der Waals surface area contributed by atoms with E-state index >= 15 is 0 Å². The first-order valence-electron chi connectivity index (χ1n) is 11.2. The Morgan fingerprint density at radius 2 is 1.31 bits per heavy atom. The second kappa shape index (κ2) is 18.9. The highest BCUT2D eigenvalue weighted by molar-refractivity contribution is 5.76. The topological polar surface area (TPSA) is 46.3 Å². The summed E-state index contributed by atoms with van der Waals surface area (Å²) in [5, 5.41) is 0. The van der Waals surface area contributed by atoms with Crippen LogP contribution in [-0.4, -0.2) is 31.4 Å². The van der Waals surface area contributed by atoms with Crippen LogP contribution < -0.4 is 5.73 Å². The molecule has 0 rings (SSSR count). The van der Waals surface area contributed by atoms with Crippen molar-refractivity contribution in [2.24, 2.45) is 11.7 Å². The fourth-order valence-corrected chi connectivity index (χ4v) is 3.37. The largest absolute Gasteiger partial charge is 0.369 e. The molecule has 2 N–H and O–H groups in total. The predicted molar refractivity (Wildman–Crippen MR) is 115 cm³/mol. The molecule has 0 aliphatic heterocycles. The number of hydrogen-bond donors (Lipinski definition) is 1. The molecular weight excluding hydrogens is 320 g/mol. The summed E-state index contributed by atoms with van der Waals surface area (Å²) in [6.07, 6.45) is 23.3. The van der Waals surface area contributed by atoms with Crippen LogP contribution in [0.25, 0.3) is 0 Å². The van der Waals surface area contributed by atoms with Crippen LogP contribution in [-0.2, 0) is 4.79 Å². The minimum atomic E-state index is -0.110. The molecule has 3 nitrogen and oxygen atoms in total. The maximum absolute atomic E-state index is 11.5. The Labute approximate surface area is 163 Å². The minimum absolute atomic E-state index is 0.0761. The molecule has 26 heavy (non-hydrogen) atoms. The average molecular weight is 367 g/mol. The summed E-state index contributed by atoms with van der Waals surface area (Å²) in [7, 11) is 4.14. The highest BCUT2D eigenvalue weighted by Gasteiger charge is 2.14. The van der Waals surface area contributed by atoms with Gasteiger partial charge in [0, 0.05) is 5.92 Å². The Bertz CT molecular complexity index is 339. The maximum atomic E-state index is 11.5. The lowest BCUT2D eigenvalue weighted by atomic mass is 9.95. The summed E-state index contributed by atoms with van der Waals surface area (Å²) in [6.45, 7) is 3.31. The molecular formula is C23H46N2O. The Morgan fingerprint density at radius 3 is 1.85 bits per heavy atom. The first kappa shape index (κ1) is 25.2. The lowest BCUT2D eigenvalue weighted by Gasteiger charge is -2.15. The van der Waals surface area contributed by atoms with E-state index in [4.69, 9.17) is 5.73 Å². The molecule has 0 aromatic rings. The van der Waals surface area contributed by atoms with Gasteiger partial charge in [-0.15, -0.1) is 0 Å². The summed E-state index contributed by atoms with van der Waals surface area (Å²) < 4.78 is 0. The van der Waals surface area contributed by atoms with Gasteiger partial charge in [0.05, 0.1) is 0 Å². The highest BCUT2D eigenvalue weighted by atomic mass is 16.1. The lowest BCUT2D eigenvalue weighted by Crippen LogP contribution is -2.24. The summed E-state index contributed by atoms with van der Waals surface area (Å²) in [6, 6.07) is 0. The van der Waals surface area contributed by atoms with Crippen molar-refractivity contribution in [3.63, 3.8) is 0 Å². The number of hydrogen-bond acceptors (Lipinski definition) is 2. The van der Waals surface area contributed by atoms with Crippen molar-refractivity contribution >= 4 is 5.91 Å². The van der Waals surface area contributed by atoms with Gasteiger partial charge in [0.2, 0.25) is 5.91 Å². The molecule has 1 unspecified atom stereocenters. The van der Waals surface area contributed by atoms with Crippen LogP contribution in [0.15, 0.2) is 12.2 Å². The highest BCUT2D eigenvalue weighted by Crippen LogP contribution is 2.17. The molecule has 0 aliphatic carbocycles. The molecule has 1 amide bonds. The van der Waals surface area contributed by atoms with Crippen LogP contribution >= 0.6 is 0 Å². The number of unbranched alkanes of at least 4 members (excludes halogenated alkanes) is 10. The first-order chi connectivity index (χ1) is 12.6. The smallest absolute Gasteiger partial charge is 0.220 e. The second-order valence-electron chi connectivity index (χ2n) is 8.06. The number of nitrogens with two attached hydrogens (primary N) is 1. The second-order valence-corrected chi connectivity index (χ2v) is 8.06. The zero-order valence-corrected chi connectivity index (χ0v) is 18.0. The zero-order valence-electron chi connectivity index (χ0n) is 18.0. The molecule has 3 heteroatoms. The van der Waals surface area contributed by atoms with E-state index in [0.717, 1.165) is 32.2 Å². The molecule has 0 aromatic carbocycles. The van der Waals surface area contributed by atoms with E-state index in [1.807, 2.05) is 0 Å². The third-order valence-corrected chi connectivity index (χ3v) is 5.12. The Morgan fingerprint density at radius 1 is 0.808 bits per heavy atom. The Kier molecular flexibility index (Phi) is 18.3. The molecule has 0 aromatic heterocycles. The molecule has 0 heterocycles. The van der Waals surface area contributed by atoms with Crippen molar-refractivity contribution in [1.82, 2.24) is 4.90 Å². The van der Waals surface area contributed by atoms with Crippen LogP contribution in [0.5, 0.6) is 0 Å². The Balaban J connectivity index is 3.46. The van der Waals surface area contributed by atoms with Gasteiger partial charge in [-0.1, -0.05) is 70.4 Å². The van der Waals surface area contributed by atoms with Crippen molar-refractivity contribution in [3.8, 4) is 0 Å². The van der Waals surface area contributed by atoms with Gasteiger partial charge in [-0.3, -0.25) is 4.79 Å². The number of nitrogens with zero attached hydrogens (tertiary/aromatic N) is 1. The van der Waals surface area contributed by atoms with Crippen molar-refractivity contribution in [2.45, 2.75) is 103 Å². The van der Waals surface area contributed by atoms with E-state index in [0.29, 0.717) is 0 Å². The summed E-state index contributed by atoms with van der Waals surface area (Å²) in [5.41, 5.74) is 5.55. The summed E-state index contributed by atoms with van der Waals surface area (Å²) in [5.74, 6) is -0.0337. The molecule has 1 atom stereocenters. The van der Waals surface area contributed by atoms with Crippen molar-refractivity contribution < 1.29 is 4.79 Å². The summed E-state index contributed by atoms with van der Waals surface area (Å²) >= 11 is 0. The predicted octanol–water partition coefficient (Wildman–Crippen LogP) is 6.08. The van der Waals surface area contributed by atoms with Gasteiger partial charge >= 0.3 is 0 Å². The Hall–Kier alpha value is -0.830. The van der Waals surface area contributed by atoms with Crippen LogP contribution in [0.4, 0.5) is 0 Å². The molecule has 154 valence electrons. The third kappa shape index (κ3) is 18.0. The van der Waals surface area contributed by atoms with Crippen LogP contribution in [0.2, 0.25) is 0 Å². The van der Waals surface area contributed by atoms with E-state index < -0.39 is 0 Å². The fraction of sp³-hybridized carbons (Fsp3) is 0.870. The standard InChI is InChI=1S/C23H46N2O/c1-4-5-6-7-8-9-10-11-12-13-14-15-16-17-19-22(23(24)26)20-18-21-25(2)3/h11-12,22H,4-10,13-21H2,1-3H3,(H2,24,26)/b12-11-. The lowest BCUT2D eigenvalue weighted by molar-refractivity contribution is -0.122. The van der Waals surface area contributed by atoms with Crippen LogP contribution in [0.1, 0.15) is 103 Å². The zero-order chi connectivity index (χ0) is 19.5. The number of carbonyl (C=O) groups excluding carboxylic acids is 1. The molecule has 0 aliphatic rings. The van der Waals surface area contributed by atoms with Gasteiger partial charge in [-0.05, 0) is 65.6 Å². The van der Waals surface area contributed by atoms with Gasteiger partial charge < -0.3 is 10.6 Å². The van der Waals surface area contributed by atoms with E-state index in [1.54, 1.807) is 0 Å². The third-order valence-electron chi connectivity index (χ3n) is 5.12. The molecule has 0 saturated carbocycles. The SMILES string of the molecule is CCCCCCCC/C=C\CCCCCCC(CCCN(C)C)C(N)=O. The molecule has 0 spiro atoms. The van der Waals surface area contributed by atoms with Crippen molar-refractivity contribution in [2.75, 3.05) is 20.6 Å². The van der Waals surface area contributed by atoms with Gasteiger partial charge in [0.25, 0.3) is 0 Å². The fourth-order valence-electron chi connectivity index (χ4n) is 3.37. The monoisotopic (exact) mass is 366 g/mol. The quantitative estimate of drug-likeness (QED) is 0.222. The van der Waals surface area contributed by atoms with E-state index in [2.05, 4.69) is 38.1 Å². The van der Waals surface area contributed by atoms with Crippen LogP contribution in [0, 0.1) is 5.92 Å². The van der Waals surface area contributed by atoms with Crippen LogP contribution in [0.3, 0.4) is 0 Å². The van der Waals surface area contributed by atoms with Crippen molar-refractivity contribution in [3.05, 3.63) is 12.2 Å². The van der Waals surface area contributed by atoms with E-state index in [1.165, 1.54) is 70.6 Å². The molecule has 0 radical (unpaired) electrons. The first-order valence-corrected chi connectivity index (χ1v) is 11.2. The van der Waals surface area contributed by atoms with Gasteiger partial charge in [-0.25, -0.2) is 0 Å². The number of allylic oxidation sites excluding steroid dienone is 2. The number of rotatable bonds is 19. The van der Waals surface area contributed by atoms with Gasteiger partial charge in [-0.2, -0.15) is 0 Å². The maximum Gasteiger partial charge on any atom is 0.220 e. The molecule has 0 bridgehead atoms. The number of amides is 1. The molecule has 0 saturated heterocycles. The van der Waals surface area contributed by atoms with E-state index in [-0.39, 0.29) is 11.8 Å². The van der Waals surface area contributed by atoms with E-state index in [9.17, 15) is 4.79 Å². The van der Waals surface area contributed by atoms with Gasteiger partial charge in [0.15, 0.2) is 0 Å². The van der Waals surface area contributed by atoms with Gasteiger partial charge in [0.1, 0.15) is 0 Å². The normalized spacial score (nSPS) is 12.9.